The molecule has 0 saturated carbocycles. The lowest BCUT2D eigenvalue weighted by Gasteiger charge is -2.39. The number of halogens is 4. The van der Waals surface area contributed by atoms with Gasteiger partial charge < -0.3 is 14.2 Å². The number of aryl methyl sites for hydroxylation is 1. The van der Waals surface area contributed by atoms with E-state index in [2.05, 4.69) is 11.3 Å². The fourth-order valence-electron chi connectivity index (χ4n) is 2.99. The molecular weight excluding hydrogens is 380 g/mol. The van der Waals surface area contributed by atoms with E-state index < -0.39 is 18.1 Å². The van der Waals surface area contributed by atoms with Crippen LogP contribution in [0, 0.1) is 6.92 Å². The van der Waals surface area contributed by atoms with Gasteiger partial charge in [0.05, 0.1) is 6.04 Å². The Bertz CT molecular complexity index is 974. The van der Waals surface area contributed by atoms with Gasteiger partial charge in [-0.1, -0.05) is 18.7 Å². The van der Waals surface area contributed by atoms with E-state index in [1.54, 1.807) is 19.2 Å². The maximum Gasteiger partial charge on any atom is 0.573 e. The molecule has 5 nitrogen and oxygen atoms in total. The van der Waals surface area contributed by atoms with E-state index in [-0.39, 0.29) is 30.4 Å². The molecule has 1 amide bonds. The molecule has 9 heteroatoms. The highest BCUT2D eigenvalue weighted by Crippen LogP contribution is 2.28. The van der Waals surface area contributed by atoms with Crippen molar-refractivity contribution in [1.29, 1.82) is 0 Å². The molecule has 1 fully saturated rings. The van der Waals surface area contributed by atoms with Crippen molar-refractivity contribution in [3.05, 3.63) is 64.9 Å². The molecule has 1 saturated heterocycles. The Morgan fingerprint density at radius 2 is 1.79 bits per heavy atom. The van der Waals surface area contributed by atoms with Crippen molar-refractivity contribution in [2.75, 3.05) is 13.1 Å². The second kappa shape index (κ2) is 7.14. The SMILES string of the molecule is C=C(F)C(=O)N1CC(n2cc(-c3ccc(OC(F)(F)F)cc3)cc(C)c2=O)C1. The van der Waals surface area contributed by atoms with Gasteiger partial charge in [-0.15, -0.1) is 13.2 Å². The summed E-state index contributed by atoms with van der Waals surface area (Å²) in [5, 5.41) is 0. The molecule has 0 atom stereocenters. The molecule has 0 aliphatic carbocycles. The molecular formula is C19H16F4N2O3. The van der Waals surface area contributed by atoms with Gasteiger partial charge >= 0.3 is 6.36 Å². The summed E-state index contributed by atoms with van der Waals surface area (Å²) in [5.41, 5.74) is 1.40. The third-order valence-corrected chi connectivity index (χ3v) is 4.42. The predicted molar refractivity (Wildman–Crippen MR) is 93.4 cm³/mol. The van der Waals surface area contributed by atoms with Crippen LogP contribution in [0.25, 0.3) is 11.1 Å². The van der Waals surface area contributed by atoms with Crippen molar-refractivity contribution in [3.8, 4) is 16.9 Å². The number of rotatable bonds is 4. The molecule has 1 aliphatic heterocycles. The van der Waals surface area contributed by atoms with Crippen LogP contribution >= 0.6 is 0 Å². The van der Waals surface area contributed by atoms with E-state index in [9.17, 15) is 27.2 Å². The fraction of sp³-hybridized carbons (Fsp3) is 0.263. The zero-order chi connectivity index (χ0) is 20.6. The number of carbonyl (C=O) groups excluding carboxylic acids is 1. The van der Waals surface area contributed by atoms with Crippen molar-refractivity contribution >= 4 is 5.91 Å². The van der Waals surface area contributed by atoms with Gasteiger partial charge in [-0.25, -0.2) is 4.39 Å². The largest absolute Gasteiger partial charge is 0.573 e. The lowest BCUT2D eigenvalue weighted by molar-refractivity contribution is -0.274. The van der Waals surface area contributed by atoms with Gasteiger partial charge in [-0.05, 0) is 36.2 Å². The van der Waals surface area contributed by atoms with E-state index in [1.807, 2.05) is 0 Å². The Hall–Kier alpha value is -3.10. The van der Waals surface area contributed by atoms with Gasteiger partial charge in [0.15, 0.2) is 5.83 Å². The Morgan fingerprint density at radius 3 is 2.32 bits per heavy atom. The molecule has 0 unspecified atom stereocenters. The van der Waals surface area contributed by atoms with Crippen LogP contribution in [-0.2, 0) is 4.79 Å². The summed E-state index contributed by atoms with van der Waals surface area (Å²) in [4.78, 5) is 25.2. The van der Waals surface area contributed by atoms with Crippen molar-refractivity contribution in [2.24, 2.45) is 0 Å². The van der Waals surface area contributed by atoms with Crippen molar-refractivity contribution in [2.45, 2.75) is 19.3 Å². The van der Waals surface area contributed by atoms with Gasteiger partial charge in [0.25, 0.3) is 11.5 Å². The normalized spacial score (nSPS) is 14.5. The lowest BCUT2D eigenvalue weighted by Crippen LogP contribution is -2.53. The lowest BCUT2D eigenvalue weighted by atomic mass is 10.0. The number of nitrogens with zero attached hydrogens (tertiary/aromatic N) is 2. The van der Waals surface area contributed by atoms with Gasteiger partial charge in [0.2, 0.25) is 0 Å². The highest BCUT2D eigenvalue weighted by molar-refractivity contribution is 5.91. The summed E-state index contributed by atoms with van der Waals surface area (Å²) < 4.78 is 55.0. The third-order valence-electron chi connectivity index (χ3n) is 4.42. The van der Waals surface area contributed by atoms with Gasteiger partial charge in [0, 0.05) is 24.8 Å². The zero-order valence-electron chi connectivity index (χ0n) is 14.8. The van der Waals surface area contributed by atoms with Crippen LogP contribution in [0.1, 0.15) is 11.6 Å². The molecule has 1 aromatic carbocycles. The number of ether oxygens (including phenoxy) is 1. The Balaban J connectivity index is 1.84. The first-order chi connectivity index (χ1) is 13.0. The summed E-state index contributed by atoms with van der Waals surface area (Å²) in [7, 11) is 0. The fourth-order valence-corrected chi connectivity index (χ4v) is 2.99. The molecule has 0 bridgehead atoms. The maximum absolute atomic E-state index is 12.9. The standard InChI is InChI=1S/C19H16F4N2O3/c1-11-7-14(13-3-5-16(6-4-13)28-19(21,22)23)8-25(17(11)26)15-9-24(10-15)18(27)12(2)20/h3-8,15H,2,9-10H2,1H3. The highest BCUT2D eigenvalue weighted by atomic mass is 19.4. The number of likely N-dealkylation sites (tertiary alicyclic amines) is 1. The quantitative estimate of drug-likeness (QED) is 0.586. The van der Waals surface area contributed by atoms with Crippen LogP contribution in [0.3, 0.4) is 0 Å². The van der Waals surface area contributed by atoms with Crippen molar-refractivity contribution < 1.29 is 27.1 Å². The number of hydrogen-bond acceptors (Lipinski definition) is 3. The van der Waals surface area contributed by atoms with Crippen LogP contribution in [-0.4, -0.2) is 34.8 Å². The minimum absolute atomic E-state index is 0.170. The second-order valence-electron chi connectivity index (χ2n) is 6.47. The molecule has 1 aliphatic rings. The third kappa shape index (κ3) is 4.08. The van der Waals surface area contributed by atoms with E-state index >= 15 is 0 Å². The summed E-state index contributed by atoms with van der Waals surface area (Å²) >= 11 is 0. The Kier molecular flexibility index (Phi) is 5.01. The molecule has 2 heterocycles. The van der Waals surface area contributed by atoms with Crippen molar-refractivity contribution in [1.82, 2.24) is 9.47 Å². The van der Waals surface area contributed by atoms with E-state index in [4.69, 9.17) is 0 Å². The number of aromatic nitrogens is 1. The average molecular weight is 396 g/mol. The molecule has 0 spiro atoms. The number of benzene rings is 1. The smallest absolute Gasteiger partial charge is 0.406 e. The minimum Gasteiger partial charge on any atom is -0.406 e. The zero-order valence-corrected chi connectivity index (χ0v) is 14.8. The maximum atomic E-state index is 12.9. The van der Waals surface area contributed by atoms with Gasteiger partial charge in [-0.2, -0.15) is 0 Å². The molecule has 148 valence electrons. The number of pyridine rings is 1. The molecule has 1 aromatic heterocycles. The highest BCUT2D eigenvalue weighted by Gasteiger charge is 2.34. The summed E-state index contributed by atoms with van der Waals surface area (Å²) in [6.45, 7) is 4.92. The number of amides is 1. The number of alkyl halides is 3. The summed E-state index contributed by atoms with van der Waals surface area (Å²) in [5.74, 6) is -2.21. The first-order valence-electron chi connectivity index (χ1n) is 8.28. The number of hydrogen-bond donors (Lipinski definition) is 0. The first kappa shape index (κ1) is 19.7. The van der Waals surface area contributed by atoms with Crippen LogP contribution in [0.2, 0.25) is 0 Å². The minimum atomic E-state index is -4.77. The predicted octanol–water partition coefficient (Wildman–Crippen LogP) is 3.59. The van der Waals surface area contributed by atoms with E-state index in [0.717, 1.165) is 0 Å². The van der Waals surface area contributed by atoms with Crippen LogP contribution in [0.15, 0.2) is 53.7 Å². The van der Waals surface area contributed by atoms with Crippen molar-refractivity contribution in [3.63, 3.8) is 0 Å². The van der Waals surface area contributed by atoms with Gasteiger partial charge in [-0.3, -0.25) is 9.59 Å². The van der Waals surface area contributed by atoms with E-state index in [0.29, 0.717) is 16.7 Å². The second-order valence-corrected chi connectivity index (χ2v) is 6.47. The van der Waals surface area contributed by atoms with E-state index in [1.165, 1.54) is 33.7 Å². The van der Waals surface area contributed by atoms with Crippen LogP contribution in [0.4, 0.5) is 17.6 Å². The number of carbonyl (C=O) groups is 1. The Morgan fingerprint density at radius 1 is 1.18 bits per heavy atom. The first-order valence-corrected chi connectivity index (χ1v) is 8.28. The topological polar surface area (TPSA) is 51.5 Å². The monoisotopic (exact) mass is 396 g/mol. The molecule has 2 aromatic rings. The summed E-state index contributed by atoms with van der Waals surface area (Å²) in [6.07, 6.45) is -3.20. The molecule has 3 rings (SSSR count). The van der Waals surface area contributed by atoms with Crippen LogP contribution < -0.4 is 10.3 Å². The summed E-state index contributed by atoms with van der Waals surface area (Å²) in [6, 6.07) is 6.59. The molecule has 0 N–H and O–H groups in total. The molecule has 0 radical (unpaired) electrons. The van der Waals surface area contributed by atoms with Crippen LogP contribution in [0.5, 0.6) is 5.75 Å². The Labute approximate surface area is 157 Å². The molecule has 28 heavy (non-hydrogen) atoms. The van der Waals surface area contributed by atoms with Gasteiger partial charge in [0.1, 0.15) is 5.75 Å². The average Bonchev–Trinajstić information content (AvgIpc) is 2.56.